The molecule has 0 unspecified atom stereocenters. The smallest absolute Gasteiger partial charge is 0.254 e. The van der Waals surface area contributed by atoms with Crippen LogP contribution in [0.15, 0.2) is 73.3 Å². The highest BCUT2D eigenvalue weighted by Crippen LogP contribution is 2.23. The van der Waals surface area contributed by atoms with Gasteiger partial charge in [-0.05, 0) is 35.9 Å². The molecule has 0 spiro atoms. The van der Waals surface area contributed by atoms with Gasteiger partial charge in [-0.1, -0.05) is 42.5 Å². The standard InChI is InChI=1S/C27H28N4O2/c1-20-29-10-11-30(20)18-23-7-3-5-9-26(23)27(32)31-12-13-33-19-21(17-31)14-24-16-28-15-22-6-2-4-8-25(22)24/h2-11,15-16,21H,12-14,17-19H2,1H3/t21-/m1/s1. The molecule has 1 amide bonds. The Balaban J connectivity index is 1.36. The minimum absolute atomic E-state index is 0.0647. The van der Waals surface area contributed by atoms with Crippen molar-refractivity contribution in [1.82, 2.24) is 19.4 Å². The summed E-state index contributed by atoms with van der Waals surface area (Å²) in [5.74, 6) is 1.21. The molecule has 1 saturated heterocycles. The fourth-order valence-corrected chi connectivity index (χ4v) is 4.63. The number of amides is 1. The molecule has 6 heteroatoms. The van der Waals surface area contributed by atoms with Crippen LogP contribution in [0.25, 0.3) is 10.8 Å². The molecule has 4 aromatic rings. The molecule has 6 nitrogen and oxygen atoms in total. The number of rotatable bonds is 5. The summed E-state index contributed by atoms with van der Waals surface area (Å²) in [6, 6.07) is 16.2. The lowest BCUT2D eigenvalue weighted by Gasteiger charge is -2.25. The Morgan fingerprint density at radius 1 is 1.09 bits per heavy atom. The van der Waals surface area contributed by atoms with E-state index in [1.165, 1.54) is 10.9 Å². The summed E-state index contributed by atoms with van der Waals surface area (Å²) in [5.41, 5.74) is 2.95. The minimum atomic E-state index is 0.0647. The zero-order valence-corrected chi connectivity index (χ0v) is 18.9. The van der Waals surface area contributed by atoms with Crippen molar-refractivity contribution in [1.29, 1.82) is 0 Å². The average molecular weight is 441 g/mol. The van der Waals surface area contributed by atoms with Crippen molar-refractivity contribution in [2.45, 2.75) is 19.9 Å². The summed E-state index contributed by atoms with van der Waals surface area (Å²) in [6.07, 6.45) is 8.41. The number of pyridine rings is 1. The summed E-state index contributed by atoms with van der Waals surface area (Å²) in [7, 11) is 0. The topological polar surface area (TPSA) is 60.2 Å². The van der Waals surface area contributed by atoms with E-state index in [1.54, 1.807) is 6.20 Å². The lowest BCUT2D eigenvalue weighted by atomic mass is 9.96. The average Bonchev–Trinajstić information content (AvgIpc) is 3.10. The van der Waals surface area contributed by atoms with Crippen LogP contribution in [-0.4, -0.2) is 51.6 Å². The molecular formula is C27H28N4O2. The maximum Gasteiger partial charge on any atom is 0.254 e. The predicted octanol–water partition coefficient (Wildman–Crippen LogP) is 4.12. The van der Waals surface area contributed by atoms with Gasteiger partial charge in [-0.2, -0.15) is 0 Å². The quantitative estimate of drug-likeness (QED) is 0.468. The molecule has 1 aliphatic heterocycles. The summed E-state index contributed by atoms with van der Waals surface area (Å²) < 4.78 is 7.98. The van der Waals surface area contributed by atoms with E-state index in [1.807, 2.05) is 60.7 Å². The molecule has 3 heterocycles. The Kier molecular flexibility index (Phi) is 6.17. The largest absolute Gasteiger partial charge is 0.379 e. The van der Waals surface area contributed by atoms with Crippen LogP contribution in [0.2, 0.25) is 0 Å². The maximum absolute atomic E-state index is 13.6. The molecule has 1 fully saturated rings. The first kappa shape index (κ1) is 21.3. The number of aromatic nitrogens is 3. The Hall–Kier alpha value is -3.51. The number of carbonyl (C=O) groups is 1. The predicted molar refractivity (Wildman–Crippen MR) is 128 cm³/mol. The van der Waals surface area contributed by atoms with Crippen LogP contribution in [-0.2, 0) is 17.7 Å². The third kappa shape index (κ3) is 4.66. The van der Waals surface area contributed by atoms with E-state index in [4.69, 9.17) is 4.74 Å². The van der Waals surface area contributed by atoms with E-state index < -0.39 is 0 Å². The number of fused-ring (bicyclic) bond motifs is 1. The minimum Gasteiger partial charge on any atom is -0.379 e. The van der Waals surface area contributed by atoms with E-state index in [0.717, 1.165) is 28.8 Å². The van der Waals surface area contributed by atoms with E-state index in [0.29, 0.717) is 32.8 Å². The number of imidazole rings is 1. The van der Waals surface area contributed by atoms with Crippen molar-refractivity contribution in [2.75, 3.05) is 26.3 Å². The van der Waals surface area contributed by atoms with Crippen molar-refractivity contribution in [2.24, 2.45) is 5.92 Å². The molecule has 168 valence electrons. The van der Waals surface area contributed by atoms with Gasteiger partial charge in [-0.3, -0.25) is 9.78 Å². The number of ether oxygens (including phenoxy) is 1. The zero-order valence-electron chi connectivity index (χ0n) is 18.9. The SMILES string of the molecule is Cc1nccn1Cc1ccccc1C(=O)N1CCOC[C@H](Cc2cncc3ccccc23)C1. The number of nitrogens with zero attached hydrogens (tertiary/aromatic N) is 4. The Labute approximate surface area is 193 Å². The van der Waals surface area contributed by atoms with Crippen molar-refractivity contribution < 1.29 is 9.53 Å². The van der Waals surface area contributed by atoms with Crippen LogP contribution in [0.1, 0.15) is 27.3 Å². The van der Waals surface area contributed by atoms with Crippen LogP contribution < -0.4 is 0 Å². The van der Waals surface area contributed by atoms with Gasteiger partial charge < -0.3 is 14.2 Å². The highest BCUT2D eigenvalue weighted by molar-refractivity contribution is 5.95. The van der Waals surface area contributed by atoms with Gasteiger partial charge >= 0.3 is 0 Å². The second-order valence-electron chi connectivity index (χ2n) is 8.68. The van der Waals surface area contributed by atoms with Gasteiger partial charge in [0.2, 0.25) is 0 Å². The Morgan fingerprint density at radius 3 is 2.82 bits per heavy atom. The number of aryl methyl sites for hydroxylation is 1. The lowest BCUT2D eigenvalue weighted by Crippen LogP contribution is -2.37. The normalized spacial score (nSPS) is 16.6. The van der Waals surface area contributed by atoms with Gasteiger partial charge in [0.15, 0.2) is 0 Å². The number of benzene rings is 2. The first-order valence-electron chi connectivity index (χ1n) is 11.4. The van der Waals surface area contributed by atoms with E-state index in [-0.39, 0.29) is 11.8 Å². The monoisotopic (exact) mass is 440 g/mol. The van der Waals surface area contributed by atoms with Crippen LogP contribution in [0.4, 0.5) is 0 Å². The fraction of sp³-hybridized carbons (Fsp3) is 0.296. The molecule has 5 rings (SSSR count). The summed E-state index contributed by atoms with van der Waals surface area (Å²) in [6.45, 7) is 5.07. The van der Waals surface area contributed by atoms with Gasteiger partial charge in [0.05, 0.1) is 13.2 Å². The molecular weight excluding hydrogens is 412 g/mol. The molecule has 0 saturated carbocycles. The third-order valence-electron chi connectivity index (χ3n) is 6.40. The van der Waals surface area contributed by atoms with Crippen LogP contribution in [0, 0.1) is 12.8 Å². The Bertz CT molecular complexity index is 1260. The third-order valence-corrected chi connectivity index (χ3v) is 6.40. The maximum atomic E-state index is 13.6. The molecule has 33 heavy (non-hydrogen) atoms. The first-order valence-corrected chi connectivity index (χ1v) is 11.4. The van der Waals surface area contributed by atoms with Crippen molar-refractivity contribution in [3.63, 3.8) is 0 Å². The summed E-state index contributed by atoms with van der Waals surface area (Å²) >= 11 is 0. The van der Waals surface area contributed by atoms with Gasteiger partial charge in [0.1, 0.15) is 5.82 Å². The van der Waals surface area contributed by atoms with Crippen molar-refractivity contribution in [3.8, 4) is 0 Å². The van der Waals surface area contributed by atoms with E-state index in [2.05, 4.69) is 32.7 Å². The second kappa shape index (κ2) is 9.55. The molecule has 2 aromatic heterocycles. The van der Waals surface area contributed by atoms with Gasteiger partial charge in [0.25, 0.3) is 5.91 Å². The number of hydrogen-bond acceptors (Lipinski definition) is 4. The second-order valence-corrected chi connectivity index (χ2v) is 8.68. The van der Waals surface area contributed by atoms with Gasteiger partial charge in [-0.25, -0.2) is 4.98 Å². The molecule has 0 N–H and O–H groups in total. The zero-order chi connectivity index (χ0) is 22.6. The molecule has 0 aliphatic carbocycles. The van der Waals surface area contributed by atoms with E-state index in [9.17, 15) is 4.79 Å². The molecule has 1 aliphatic rings. The summed E-state index contributed by atoms with van der Waals surface area (Å²) in [4.78, 5) is 24.3. The molecule has 0 radical (unpaired) electrons. The van der Waals surface area contributed by atoms with Crippen LogP contribution in [0.3, 0.4) is 0 Å². The number of hydrogen-bond donors (Lipinski definition) is 0. The van der Waals surface area contributed by atoms with Crippen molar-refractivity contribution in [3.05, 3.63) is 95.8 Å². The van der Waals surface area contributed by atoms with Gasteiger partial charge in [0, 0.05) is 61.3 Å². The molecule has 1 atom stereocenters. The Morgan fingerprint density at radius 2 is 1.94 bits per heavy atom. The summed E-state index contributed by atoms with van der Waals surface area (Å²) in [5, 5.41) is 2.36. The highest BCUT2D eigenvalue weighted by Gasteiger charge is 2.25. The molecule has 0 bridgehead atoms. The number of carbonyl (C=O) groups excluding carboxylic acids is 1. The lowest BCUT2D eigenvalue weighted by molar-refractivity contribution is 0.0736. The van der Waals surface area contributed by atoms with Crippen LogP contribution in [0.5, 0.6) is 0 Å². The fourth-order valence-electron chi connectivity index (χ4n) is 4.63. The van der Waals surface area contributed by atoms with Crippen molar-refractivity contribution >= 4 is 16.7 Å². The molecule has 2 aromatic carbocycles. The van der Waals surface area contributed by atoms with Crippen LogP contribution >= 0.6 is 0 Å². The highest BCUT2D eigenvalue weighted by atomic mass is 16.5. The first-order chi connectivity index (χ1) is 16.2. The van der Waals surface area contributed by atoms with Gasteiger partial charge in [-0.15, -0.1) is 0 Å². The van der Waals surface area contributed by atoms with E-state index >= 15 is 0 Å².